The number of anilines is 1. The number of ether oxygens (including phenoxy) is 1. The zero-order valence-corrected chi connectivity index (χ0v) is 18.5. The molecule has 0 unspecified atom stereocenters. The van der Waals surface area contributed by atoms with Crippen LogP contribution in [0.2, 0.25) is 0 Å². The Kier molecular flexibility index (Phi) is 5.20. The molecule has 0 aliphatic heterocycles. The van der Waals surface area contributed by atoms with Crippen LogP contribution in [0.15, 0.2) is 65.6 Å². The van der Waals surface area contributed by atoms with E-state index in [1.807, 2.05) is 44.2 Å². The van der Waals surface area contributed by atoms with E-state index in [9.17, 15) is 8.42 Å². The molecule has 0 bridgehead atoms. The van der Waals surface area contributed by atoms with Gasteiger partial charge < -0.3 is 9.30 Å². The van der Waals surface area contributed by atoms with Gasteiger partial charge in [-0.25, -0.2) is 8.42 Å². The Balaban J connectivity index is 1.77. The standard InChI is InChI=1S/C24H26N2O3S/c1-5-26-22-9-7-6-8-19(22)21-14-17(10-12-23(21)26)25-30(27,28)18-11-13-24(29-4)20(15-18)16(2)3/h6-16,25H,5H2,1-4H3. The highest BCUT2D eigenvalue weighted by atomic mass is 32.2. The van der Waals surface area contributed by atoms with E-state index in [1.54, 1.807) is 25.3 Å². The van der Waals surface area contributed by atoms with Crippen molar-refractivity contribution in [3.05, 3.63) is 66.2 Å². The molecule has 1 heterocycles. The summed E-state index contributed by atoms with van der Waals surface area (Å²) in [7, 11) is -2.13. The number of methoxy groups -OCH3 is 1. The fourth-order valence-corrected chi connectivity index (χ4v) is 5.09. The van der Waals surface area contributed by atoms with Crippen molar-refractivity contribution in [1.29, 1.82) is 0 Å². The average Bonchev–Trinajstić information content (AvgIpc) is 3.06. The Morgan fingerprint density at radius 1 is 0.967 bits per heavy atom. The highest BCUT2D eigenvalue weighted by Gasteiger charge is 2.19. The van der Waals surface area contributed by atoms with E-state index in [0.717, 1.165) is 33.9 Å². The van der Waals surface area contributed by atoms with Crippen molar-refractivity contribution in [2.45, 2.75) is 38.1 Å². The quantitative estimate of drug-likeness (QED) is 0.430. The van der Waals surface area contributed by atoms with Crippen molar-refractivity contribution < 1.29 is 13.2 Å². The van der Waals surface area contributed by atoms with E-state index in [1.165, 1.54) is 0 Å². The van der Waals surface area contributed by atoms with Crippen molar-refractivity contribution in [2.24, 2.45) is 0 Å². The van der Waals surface area contributed by atoms with Crippen molar-refractivity contribution in [3.8, 4) is 5.75 Å². The van der Waals surface area contributed by atoms with Crippen LogP contribution in [0.1, 0.15) is 32.3 Å². The first-order valence-electron chi connectivity index (χ1n) is 10.1. The van der Waals surface area contributed by atoms with Crippen molar-refractivity contribution in [2.75, 3.05) is 11.8 Å². The van der Waals surface area contributed by atoms with Crippen LogP contribution in [0.4, 0.5) is 5.69 Å². The molecule has 0 saturated carbocycles. The fourth-order valence-electron chi connectivity index (χ4n) is 4.00. The molecule has 0 amide bonds. The Labute approximate surface area is 177 Å². The lowest BCUT2D eigenvalue weighted by Crippen LogP contribution is -2.13. The molecule has 30 heavy (non-hydrogen) atoms. The lowest BCUT2D eigenvalue weighted by Gasteiger charge is -2.14. The van der Waals surface area contributed by atoms with Gasteiger partial charge in [-0.1, -0.05) is 32.0 Å². The summed E-state index contributed by atoms with van der Waals surface area (Å²) in [4.78, 5) is 0.225. The third-order valence-electron chi connectivity index (χ3n) is 5.47. The number of rotatable bonds is 6. The highest BCUT2D eigenvalue weighted by Crippen LogP contribution is 2.33. The van der Waals surface area contributed by atoms with Gasteiger partial charge in [0.05, 0.1) is 12.0 Å². The van der Waals surface area contributed by atoms with E-state index in [4.69, 9.17) is 4.74 Å². The molecule has 0 atom stereocenters. The second kappa shape index (κ2) is 7.69. The number of nitrogens with one attached hydrogen (secondary N) is 1. The zero-order valence-electron chi connectivity index (χ0n) is 17.6. The van der Waals surface area contributed by atoms with Crippen LogP contribution in [-0.4, -0.2) is 20.1 Å². The van der Waals surface area contributed by atoms with Crippen molar-refractivity contribution in [3.63, 3.8) is 0 Å². The molecule has 0 fully saturated rings. The molecule has 0 aliphatic carbocycles. The summed E-state index contributed by atoms with van der Waals surface area (Å²) < 4.78 is 36.5. The number of fused-ring (bicyclic) bond motifs is 3. The van der Waals surface area contributed by atoms with Gasteiger partial charge in [-0.3, -0.25) is 4.72 Å². The van der Waals surface area contributed by atoms with Crippen LogP contribution >= 0.6 is 0 Å². The van der Waals surface area contributed by atoms with Gasteiger partial charge in [-0.05, 0) is 60.9 Å². The summed E-state index contributed by atoms with van der Waals surface area (Å²) in [6.45, 7) is 6.98. The molecule has 0 aliphatic rings. The van der Waals surface area contributed by atoms with Crippen LogP contribution in [0, 0.1) is 0 Å². The van der Waals surface area contributed by atoms with Crippen molar-refractivity contribution in [1.82, 2.24) is 4.57 Å². The first kappa shape index (κ1) is 20.3. The SMILES string of the molecule is CCn1c2ccccc2c2cc(NS(=O)(=O)c3ccc(OC)c(C(C)C)c3)ccc21. The Morgan fingerprint density at radius 3 is 2.40 bits per heavy atom. The summed E-state index contributed by atoms with van der Waals surface area (Å²) in [6, 6.07) is 18.9. The molecule has 5 nitrogen and oxygen atoms in total. The number of hydrogen-bond acceptors (Lipinski definition) is 3. The molecule has 0 spiro atoms. The van der Waals surface area contributed by atoms with Crippen LogP contribution in [0.25, 0.3) is 21.8 Å². The molecule has 156 valence electrons. The Bertz CT molecular complexity index is 1340. The maximum absolute atomic E-state index is 13.1. The van der Waals surface area contributed by atoms with Crippen LogP contribution < -0.4 is 9.46 Å². The van der Waals surface area contributed by atoms with E-state index in [2.05, 4.69) is 28.3 Å². The van der Waals surface area contributed by atoms with Gasteiger partial charge >= 0.3 is 0 Å². The fraction of sp³-hybridized carbons (Fsp3) is 0.250. The Hall–Kier alpha value is -2.99. The molecule has 4 rings (SSSR count). The second-order valence-corrected chi connectivity index (χ2v) is 9.34. The lowest BCUT2D eigenvalue weighted by molar-refractivity contribution is 0.407. The zero-order chi connectivity index (χ0) is 21.5. The number of aryl methyl sites for hydroxylation is 1. The minimum absolute atomic E-state index is 0.145. The predicted octanol–water partition coefficient (Wildman–Crippen LogP) is 5.75. The highest BCUT2D eigenvalue weighted by molar-refractivity contribution is 7.92. The van der Waals surface area contributed by atoms with Gasteiger partial charge in [-0.15, -0.1) is 0 Å². The Morgan fingerprint density at radius 2 is 1.70 bits per heavy atom. The van der Waals surface area contributed by atoms with Gasteiger partial charge in [0.25, 0.3) is 10.0 Å². The number of benzene rings is 3. The van der Waals surface area contributed by atoms with Crippen LogP contribution in [0.3, 0.4) is 0 Å². The average molecular weight is 423 g/mol. The molecule has 6 heteroatoms. The summed E-state index contributed by atoms with van der Waals surface area (Å²) >= 11 is 0. The minimum atomic E-state index is -3.73. The summed E-state index contributed by atoms with van der Waals surface area (Å²) in [5.74, 6) is 0.837. The first-order valence-corrected chi connectivity index (χ1v) is 11.6. The third-order valence-corrected chi connectivity index (χ3v) is 6.85. The molecule has 1 aromatic heterocycles. The van der Waals surface area contributed by atoms with Gasteiger partial charge in [0.1, 0.15) is 5.75 Å². The molecule has 4 aromatic rings. The lowest BCUT2D eigenvalue weighted by atomic mass is 10.0. The molecule has 1 N–H and O–H groups in total. The monoisotopic (exact) mass is 422 g/mol. The molecular weight excluding hydrogens is 396 g/mol. The summed E-state index contributed by atoms with van der Waals surface area (Å²) in [6.07, 6.45) is 0. The molecule has 3 aromatic carbocycles. The molecule has 0 saturated heterocycles. The molecular formula is C24H26N2O3S. The minimum Gasteiger partial charge on any atom is -0.496 e. The van der Waals surface area contributed by atoms with Gasteiger partial charge in [-0.2, -0.15) is 0 Å². The molecule has 0 radical (unpaired) electrons. The van der Waals surface area contributed by atoms with E-state index < -0.39 is 10.0 Å². The van der Waals surface area contributed by atoms with E-state index in [0.29, 0.717) is 11.4 Å². The van der Waals surface area contributed by atoms with Gasteiger partial charge in [0, 0.05) is 34.0 Å². The predicted molar refractivity (Wildman–Crippen MR) is 123 cm³/mol. The number of nitrogens with zero attached hydrogens (tertiary/aromatic N) is 1. The third kappa shape index (κ3) is 3.41. The first-order chi connectivity index (χ1) is 14.4. The topological polar surface area (TPSA) is 60.3 Å². The van der Waals surface area contributed by atoms with Crippen LogP contribution in [0.5, 0.6) is 5.75 Å². The maximum atomic E-state index is 13.1. The van der Waals surface area contributed by atoms with Crippen LogP contribution in [-0.2, 0) is 16.6 Å². The summed E-state index contributed by atoms with van der Waals surface area (Å²) in [5, 5.41) is 2.15. The van der Waals surface area contributed by atoms with Gasteiger partial charge in [0.15, 0.2) is 0 Å². The second-order valence-electron chi connectivity index (χ2n) is 7.66. The van der Waals surface area contributed by atoms with E-state index >= 15 is 0 Å². The van der Waals surface area contributed by atoms with Gasteiger partial charge in [0.2, 0.25) is 0 Å². The number of sulfonamides is 1. The van der Waals surface area contributed by atoms with E-state index in [-0.39, 0.29) is 10.8 Å². The largest absolute Gasteiger partial charge is 0.496 e. The normalized spacial score (nSPS) is 12.0. The van der Waals surface area contributed by atoms with Crippen molar-refractivity contribution >= 4 is 37.5 Å². The number of para-hydroxylation sites is 1. The number of aromatic nitrogens is 1. The number of hydrogen-bond donors (Lipinski definition) is 1. The maximum Gasteiger partial charge on any atom is 0.261 e. The summed E-state index contributed by atoms with van der Waals surface area (Å²) in [5.41, 5.74) is 3.64. The smallest absolute Gasteiger partial charge is 0.261 e.